The summed E-state index contributed by atoms with van der Waals surface area (Å²) in [5.74, 6) is -0.754. The Balaban J connectivity index is 3.04. The van der Waals surface area contributed by atoms with E-state index in [0.29, 0.717) is 11.3 Å². The Morgan fingerprint density at radius 2 is 2.00 bits per heavy atom. The van der Waals surface area contributed by atoms with Gasteiger partial charge in [0.1, 0.15) is 5.82 Å². The van der Waals surface area contributed by atoms with E-state index in [-0.39, 0.29) is 17.5 Å². The number of carbonyl (C=O) groups excluding carboxylic acids is 1. The summed E-state index contributed by atoms with van der Waals surface area (Å²) in [7, 11) is 0. The molecule has 0 saturated heterocycles. The lowest BCUT2D eigenvalue weighted by atomic mass is 10.1. The fourth-order valence-electron chi connectivity index (χ4n) is 1.58. The van der Waals surface area contributed by atoms with Crippen molar-refractivity contribution in [3.8, 4) is 0 Å². The fourth-order valence-corrected chi connectivity index (χ4v) is 1.73. The zero-order valence-corrected chi connectivity index (χ0v) is 10.2. The first kappa shape index (κ1) is 13.0. The Kier molecular flexibility index (Phi) is 4.74. The summed E-state index contributed by atoms with van der Waals surface area (Å²) < 4.78 is 13.7. The van der Waals surface area contributed by atoms with Crippen LogP contribution in [-0.2, 0) is 0 Å². The van der Waals surface area contributed by atoms with E-state index < -0.39 is 0 Å². The van der Waals surface area contributed by atoms with Crippen LogP contribution < -0.4 is 4.90 Å². The molecule has 0 heterocycles. The van der Waals surface area contributed by atoms with Crippen LogP contribution in [0.3, 0.4) is 0 Å². The number of benzene rings is 1. The number of ketones is 1. The number of carbonyl (C=O) groups is 1. The Hall–Kier alpha value is -1.09. The highest BCUT2D eigenvalue weighted by atomic mass is 35.5. The Morgan fingerprint density at radius 1 is 1.38 bits per heavy atom. The maximum Gasteiger partial charge on any atom is 0.177 e. The quantitative estimate of drug-likeness (QED) is 0.585. The maximum atomic E-state index is 13.7. The van der Waals surface area contributed by atoms with Gasteiger partial charge in [0.2, 0.25) is 0 Å². The predicted molar refractivity (Wildman–Crippen MR) is 65.0 cm³/mol. The minimum atomic E-state index is -0.375. The van der Waals surface area contributed by atoms with Gasteiger partial charge in [-0.3, -0.25) is 4.79 Å². The summed E-state index contributed by atoms with van der Waals surface area (Å²) in [6.07, 6.45) is 0. The number of hydrogen-bond acceptors (Lipinski definition) is 2. The lowest BCUT2D eigenvalue weighted by Gasteiger charge is -2.21. The lowest BCUT2D eigenvalue weighted by molar-refractivity contribution is 0.102. The van der Waals surface area contributed by atoms with Crippen LogP contribution in [0, 0.1) is 5.82 Å². The second kappa shape index (κ2) is 5.85. The molecule has 1 rings (SSSR count). The van der Waals surface area contributed by atoms with Crippen molar-refractivity contribution in [3.63, 3.8) is 0 Å². The van der Waals surface area contributed by atoms with Crippen molar-refractivity contribution in [2.45, 2.75) is 13.8 Å². The number of halogens is 2. The van der Waals surface area contributed by atoms with Crippen molar-refractivity contribution in [1.29, 1.82) is 0 Å². The van der Waals surface area contributed by atoms with Gasteiger partial charge in [-0.1, -0.05) is 0 Å². The molecule has 4 heteroatoms. The Morgan fingerprint density at radius 3 is 2.44 bits per heavy atom. The van der Waals surface area contributed by atoms with Crippen molar-refractivity contribution >= 4 is 23.1 Å². The number of anilines is 1. The van der Waals surface area contributed by atoms with Crippen molar-refractivity contribution in [2.75, 3.05) is 23.9 Å². The van der Waals surface area contributed by atoms with Crippen LogP contribution in [0.5, 0.6) is 0 Å². The van der Waals surface area contributed by atoms with Crippen LogP contribution in [0.25, 0.3) is 0 Å². The number of Topliss-reactive ketones (excluding diaryl/α,β-unsaturated/α-hetero) is 1. The predicted octanol–water partition coefficient (Wildman–Crippen LogP) is 3.09. The number of hydrogen-bond donors (Lipinski definition) is 0. The van der Waals surface area contributed by atoms with Gasteiger partial charge in [0, 0.05) is 18.7 Å². The van der Waals surface area contributed by atoms with Crippen LogP contribution >= 0.6 is 11.6 Å². The van der Waals surface area contributed by atoms with Gasteiger partial charge in [-0.25, -0.2) is 4.39 Å². The third kappa shape index (κ3) is 2.73. The fraction of sp³-hybridized carbons (Fsp3) is 0.417. The van der Waals surface area contributed by atoms with Gasteiger partial charge in [-0.05, 0) is 32.0 Å². The van der Waals surface area contributed by atoms with E-state index in [2.05, 4.69) is 0 Å². The highest BCUT2D eigenvalue weighted by molar-refractivity contribution is 6.30. The third-order valence-corrected chi connectivity index (χ3v) is 2.74. The minimum absolute atomic E-state index is 0.121. The number of nitrogens with zero attached hydrogens (tertiary/aromatic N) is 1. The van der Waals surface area contributed by atoms with Crippen LogP contribution in [0.1, 0.15) is 24.2 Å². The van der Waals surface area contributed by atoms with Crippen molar-refractivity contribution in [3.05, 3.63) is 29.6 Å². The first-order chi connectivity index (χ1) is 7.63. The molecule has 0 radical (unpaired) electrons. The third-order valence-electron chi connectivity index (χ3n) is 2.50. The van der Waals surface area contributed by atoms with Crippen LogP contribution in [0.4, 0.5) is 10.1 Å². The van der Waals surface area contributed by atoms with E-state index in [1.165, 1.54) is 6.07 Å². The number of rotatable bonds is 5. The second-order valence-electron chi connectivity index (χ2n) is 3.40. The monoisotopic (exact) mass is 243 g/mol. The highest BCUT2D eigenvalue weighted by Crippen LogP contribution is 2.20. The Labute approximate surface area is 100 Å². The van der Waals surface area contributed by atoms with Crippen LogP contribution in [-0.4, -0.2) is 24.8 Å². The van der Waals surface area contributed by atoms with Crippen molar-refractivity contribution < 1.29 is 9.18 Å². The van der Waals surface area contributed by atoms with Gasteiger partial charge >= 0.3 is 0 Å². The average molecular weight is 244 g/mol. The molecule has 0 aliphatic rings. The van der Waals surface area contributed by atoms with E-state index in [4.69, 9.17) is 11.6 Å². The molecule has 1 aromatic carbocycles. The van der Waals surface area contributed by atoms with Crippen LogP contribution in [0.15, 0.2) is 18.2 Å². The van der Waals surface area contributed by atoms with E-state index in [9.17, 15) is 9.18 Å². The molecule has 0 fully saturated rings. The van der Waals surface area contributed by atoms with Gasteiger partial charge in [0.15, 0.2) is 5.78 Å². The topological polar surface area (TPSA) is 20.3 Å². The van der Waals surface area contributed by atoms with E-state index in [1.807, 2.05) is 18.7 Å². The van der Waals surface area contributed by atoms with E-state index in [0.717, 1.165) is 13.1 Å². The molecule has 0 spiro atoms. The zero-order valence-electron chi connectivity index (χ0n) is 9.46. The Bertz CT molecular complexity index is 377. The maximum absolute atomic E-state index is 13.7. The molecule has 0 bridgehead atoms. The summed E-state index contributed by atoms with van der Waals surface area (Å²) in [5, 5.41) is 0. The largest absolute Gasteiger partial charge is 0.370 e. The van der Waals surface area contributed by atoms with E-state index in [1.54, 1.807) is 12.1 Å². The summed E-state index contributed by atoms with van der Waals surface area (Å²) in [5.41, 5.74) is 0.847. The molecule has 0 aromatic heterocycles. The summed E-state index contributed by atoms with van der Waals surface area (Å²) >= 11 is 5.41. The van der Waals surface area contributed by atoms with Crippen molar-refractivity contribution in [2.24, 2.45) is 0 Å². The smallest absolute Gasteiger partial charge is 0.177 e. The molecule has 0 unspecified atom stereocenters. The van der Waals surface area contributed by atoms with Gasteiger partial charge in [0.05, 0.1) is 11.6 Å². The van der Waals surface area contributed by atoms with E-state index >= 15 is 0 Å². The molecule has 2 nitrogen and oxygen atoms in total. The molecule has 0 atom stereocenters. The molecular weight excluding hydrogens is 229 g/mol. The zero-order chi connectivity index (χ0) is 12.1. The van der Waals surface area contributed by atoms with Gasteiger partial charge in [0.25, 0.3) is 0 Å². The van der Waals surface area contributed by atoms with Gasteiger partial charge < -0.3 is 4.90 Å². The lowest BCUT2D eigenvalue weighted by Crippen LogP contribution is -2.23. The summed E-state index contributed by atoms with van der Waals surface area (Å²) in [6, 6.07) is 4.49. The molecule has 0 amide bonds. The van der Waals surface area contributed by atoms with Crippen LogP contribution in [0.2, 0.25) is 0 Å². The first-order valence-corrected chi connectivity index (χ1v) is 5.81. The highest BCUT2D eigenvalue weighted by Gasteiger charge is 2.11. The number of alkyl halides is 1. The molecule has 0 N–H and O–H groups in total. The SMILES string of the molecule is CCN(CC)c1ccc(C(=O)CCl)cc1F. The molecule has 16 heavy (non-hydrogen) atoms. The first-order valence-electron chi connectivity index (χ1n) is 5.27. The van der Waals surface area contributed by atoms with Crippen molar-refractivity contribution in [1.82, 2.24) is 0 Å². The molecule has 0 saturated carbocycles. The standard InChI is InChI=1S/C12H15ClFNO/c1-3-15(4-2)11-6-5-9(7-10(11)14)12(16)8-13/h5-7H,3-4,8H2,1-2H3. The normalized spacial score (nSPS) is 10.2. The molecule has 0 aliphatic heterocycles. The molecular formula is C12H15ClFNO. The average Bonchev–Trinajstić information content (AvgIpc) is 2.31. The summed E-state index contributed by atoms with van der Waals surface area (Å²) in [4.78, 5) is 13.2. The summed E-state index contributed by atoms with van der Waals surface area (Å²) in [6.45, 7) is 5.38. The molecule has 0 aliphatic carbocycles. The molecule has 1 aromatic rings. The second-order valence-corrected chi connectivity index (χ2v) is 3.66. The van der Waals surface area contributed by atoms with Gasteiger partial charge in [-0.2, -0.15) is 0 Å². The molecule has 88 valence electrons. The minimum Gasteiger partial charge on any atom is -0.370 e. The van der Waals surface area contributed by atoms with Gasteiger partial charge in [-0.15, -0.1) is 11.6 Å².